The minimum absolute atomic E-state index is 0.0838. The molecule has 0 aliphatic carbocycles. The number of benzene rings is 1. The smallest absolute Gasteiger partial charge is 0.392 e. The van der Waals surface area contributed by atoms with Crippen LogP contribution < -0.4 is 4.90 Å². The fourth-order valence-electron chi connectivity index (χ4n) is 2.63. The summed E-state index contributed by atoms with van der Waals surface area (Å²) in [4.78, 5) is 3.26. The molecule has 0 unspecified atom stereocenters. The Morgan fingerprint density at radius 2 is 2.05 bits per heavy atom. The van der Waals surface area contributed by atoms with Crippen molar-refractivity contribution in [2.45, 2.75) is 25.7 Å². The lowest BCUT2D eigenvalue weighted by molar-refractivity contribution is -0.138. The van der Waals surface area contributed by atoms with Gasteiger partial charge < -0.3 is 10.0 Å². The SMILES string of the molecule is OCc1ccc(N2CCc3sccc3C2)cc1C(F)(F)F. The molecule has 2 heterocycles. The molecule has 0 spiro atoms. The predicted octanol–water partition coefficient (Wildman–Crippen LogP) is 3.82. The van der Waals surface area contributed by atoms with Crippen molar-refractivity contribution in [3.05, 3.63) is 51.2 Å². The van der Waals surface area contributed by atoms with Crippen molar-refractivity contribution in [3.63, 3.8) is 0 Å². The van der Waals surface area contributed by atoms with Crippen LogP contribution in [0.25, 0.3) is 0 Å². The number of hydrogen-bond acceptors (Lipinski definition) is 3. The average molecular weight is 313 g/mol. The molecule has 1 aromatic carbocycles. The minimum Gasteiger partial charge on any atom is -0.392 e. The number of thiophene rings is 1. The van der Waals surface area contributed by atoms with E-state index in [0.717, 1.165) is 12.5 Å². The summed E-state index contributed by atoms with van der Waals surface area (Å²) in [7, 11) is 0. The molecule has 112 valence electrons. The van der Waals surface area contributed by atoms with Crippen molar-refractivity contribution < 1.29 is 18.3 Å². The molecule has 2 aromatic rings. The van der Waals surface area contributed by atoms with E-state index in [1.165, 1.54) is 16.5 Å². The van der Waals surface area contributed by atoms with E-state index in [1.807, 2.05) is 16.3 Å². The first-order chi connectivity index (χ1) is 9.99. The van der Waals surface area contributed by atoms with Gasteiger partial charge in [0, 0.05) is 23.7 Å². The van der Waals surface area contributed by atoms with Gasteiger partial charge in [0.2, 0.25) is 0 Å². The first-order valence-electron chi connectivity index (χ1n) is 6.60. The molecular formula is C15H14F3NOS. The molecule has 0 amide bonds. The van der Waals surface area contributed by atoms with Crippen molar-refractivity contribution in [1.29, 1.82) is 0 Å². The summed E-state index contributed by atoms with van der Waals surface area (Å²) in [6, 6.07) is 6.18. The maximum atomic E-state index is 13.0. The first kappa shape index (κ1) is 14.4. The van der Waals surface area contributed by atoms with E-state index in [4.69, 9.17) is 5.11 Å². The van der Waals surface area contributed by atoms with E-state index < -0.39 is 18.3 Å². The molecular weight excluding hydrogens is 299 g/mol. The van der Waals surface area contributed by atoms with E-state index in [-0.39, 0.29) is 5.56 Å². The van der Waals surface area contributed by atoms with Gasteiger partial charge in [-0.25, -0.2) is 0 Å². The van der Waals surface area contributed by atoms with Gasteiger partial charge in [-0.1, -0.05) is 6.07 Å². The standard InChI is InChI=1S/C15H14F3NOS/c16-15(17,18)13-7-12(2-1-11(13)9-20)19-5-3-14-10(8-19)4-6-21-14/h1-2,4,6-7,20H,3,5,8-9H2. The van der Waals surface area contributed by atoms with Crippen LogP contribution >= 0.6 is 11.3 Å². The van der Waals surface area contributed by atoms with Crippen LogP contribution in [-0.4, -0.2) is 11.7 Å². The number of halogens is 3. The Morgan fingerprint density at radius 1 is 1.24 bits per heavy atom. The van der Waals surface area contributed by atoms with Crippen molar-refractivity contribution in [1.82, 2.24) is 0 Å². The molecule has 0 saturated heterocycles. The van der Waals surface area contributed by atoms with Crippen LogP contribution in [0.3, 0.4) is 0 Å². The minimum atomic E-state index is -4.45. The van der Waals surface area contributed by atoms with Crippen LogP contribution in [0.15, 0.2) is 29.6 Å². The normalized spacial score (nSPS) is 15.1. The molecule has 1 aromatic heterocycles. The van der Waals surface area contributed by atoms with Crippen molar-refractivity contribution in [2.75, 3.05) is 11.4 Å². The molecule has 1 N–H and O–H groups in total. The lowest BCUT2D eigenvalue weighted by atomic mass is 10.0. The number of aliphatic hydroxyl groups is 1. The number of fused-ring (bicyclic) bond motifs is 1. The molecule has 2 nitrogen and oxygen atoms in total. The highest BCUT2D eigenvalue weighted by atomic mass is 32.1. The second-order valence-electron chi connectivity index (χ2n) is 5.04. The Kier molecular flexibility index (Phi) is 3.67. The van der Waals surface area contributed by atoms with Crippen molar-refractivity contribution in [3.8, 4) is 0 Å². The molecule has 3 rings (SSSR count). The van der Waals surface area contributed by atoms with Gasteiger partial charge in [-0.05, 0) is 41.1 Å². The summed E-state index contributed by atoms with van der Waals surface area (Å²) in [5.74, 6) is 0. The van der Waals surface area contributed by atoms with Crippen LogP contribution in [0.4, 0.5) is 18.9 Å². The van der Waals surface area contributed by atoms with E-state index in [2.05, 4.69) is 0 Å². The van der Waals surface area contributed by atoms with Gasteiger partial charge in [-0.3, -0.25) is 0 Å². The number of anilines is 1. The topological polar surface area (TPSA) is 23.5 Å². The molecule has 1 aliphatic rings. The summed E-state index contributed by atoms with van der Waals surface area (Å²) in [5, 5.41) is 11.1. The van der Waals surface area contributed by atoms with Crippen LogP contribution in [0, 0.1) is 0 Å². The van der Waals surface area contributed by atoms with Gasteiger partial charge in [0.25, 0.3) is 0 Å². The molecule has 0 saturated carbocycles. The summed E-state index contributed by atoms with van der Waals surface area (Å²) in [5.41, 5.74) is 0.903. The molecule has 0 atom stereocenters. The summed E-state index contributed by atoms with van der Waals surface area (Å²) >= 11 is 1.70. The zero-order chi connectivity index (χ0) is 15.0. The Balaban J connectivity index is 1.93. The largest absolute Gasteiger partial charge is 0.416 e. The van der Waals surface area contributed by atoms with Crippen molar-refractivity contribution >= 4 is 17.0 Å². The molecule has 1 aliphatic heterocycles. The number of nitrogens with zero attached hydrogens (tertiary/aromatic N) is 1. The maximum Gasteiger partial charge on any atom is 0.416 e. The monoisotopic (exact) mass is 313 g/mol. The quantitative estimate of drug-likeness (QED) is 0.911. The third-order valence-corrected chi connectivity index (χ3v) is 4.77. The van der Waals surface area contributed by atoms with Crippen LogP contribution in [0.2, 0.25) is 0 Å². The van der Waals surface area contributed by atoms with Gasteiger partial charge in [0.1, 0.15) is 0 Å². The lowest BCUT2D eigenvalue weighted by Gasteiger charge is -2.30. The summed E-state index contributed by atoms with van der Waals surface area (Å²) in [6.07, 6.45) is -3.59. The second-order valence-corrected chi connectivity index (χ2v) is 6.04. The third-order valence-electron chi connectivity index (χ3n) is 3.74. The van der Waals surface area contributed by atoms with E-state index in [0.29, 0.717) is 18.8 Å². The average Bonchev–Trinajstić information content (AvgIpc) is 2.93. The third kappa shape index (κ3) is 2.78. The molecule has 0 radical (unpaired) electrons. The van der Waals surface area contributed by atoms with Gasteiger partial charge >= 0.3 is 6.18 Å². The first-order valence-corrected chi connectivity index (χ1v) is 7.48. The molecule has 0 fully saturated rings. The van der Waals surface area contributed by atoms with Gasteiger partial charge in [-0.15, -0.1) is 11.3 Å². The highest BCUT2D eigenvalue weighted by molar-refractivity contribution is 7.10. The Bertz CT molecular complexity index is 651. The molecule has 0 bridgehead atoms. The number of aliphatic hydroxyl groups excluding tert-OH is 1. The highest BCUT2D eigenvalue weighted by Gasteiger charge is 2.34. The van der Waals surface area contributed by atoms with E-state index >= 15 is 0 Å². The van der Waals surface area contributed by atoms with Gasteiger partial charge in [0.05, 0.1) is 12.2 Å². The summed E-state index contributed by atoms with van der Waals surface area (Å²) < 4.78 is 39.1. The Morgan fingerprint density at radius 3 is 2.76 bits per heavy atom. The number of hydrogen-bond donors (Lipinski definition) is 1. The lowest BCUT2D eigenvalue weighted by Crippen LogP contribution is -2.29. The zero-order valence-electron chi connectivity index (χ0n) is 11.2. The Labute approximate surface area is 124 Å². The zero-order valence-corrected chi connectivity index (χ0v) is 12.0. The van der Waals surface area contributed by atoms with E-state index in [1.54, 1.807) is 17.4 Å². The second kappa shape index (κ2) is 5.35. The maximum absolute atomic E-state index is 13.0. The fourth-order valence-corrected chi connectivity index (χ4v) is 3.52. The predicted molar refractivity (Wildman–Crippen MR) is 76.4 cm³/mol. The van der Waals surface area contributed by atoms with Crippen molar-refractivity contribution in [2.24, 2.45) is 0 Å². The molecule has 21 heavy (non-hydrogen) atoms. The number of alkyl halides is 3. The van der Waals surface area contributed by atoms with Crippen LogP contribution in [0.1, 0.15) is 21.6 Å². The Hall–Kier alpha value is -1.53. The highest BCUT2D eigenvalue weighted by Crippen LogP contribution is 2.36. The van der Waals surface area contributed by atoms with Gasteiger partial charge in [-0.2, -0.15) is 13.2 Å². The van der Waals surface area contributed by atoms with Gasteiger partial charge in [0.15, 0.2) is 0 Å². The number of rotatable bonds is 2. The fraction of sp³-hybridized carbons (Fsp3) is 0.333. The summed E-state index contributed by atoms with van der Waals surface area (Å²) in [6.45, 7) is 0.738. The van der Waals surface area contributed by atoms with E-state index in [9.17, 15) is 13.2 Å². The van der Waals surface area contributed by atoms with Crippen LogP contribution in [0.5, 0.6) is 0 Å². The van der Waals surface area contributed by atoms with Crippen LogP contribution in [-0.2, 0) is 25.7 Å². The molecule has 6 heteroatoms.